The van der Waals surface area contributed by atoms with Gasteiger partial charge >= 0.3 is 6.09 Å². The zero-order valence-corrected chi connectivity index (χ0v) is 19.9. The number of ether oxygens (including phenoxy) is 1. The Morgan fingerprint density at radius 2 is 1.53 bits per heavy atom. The van der Waals surface area contributed by atoms with Gasteiger partial charge in [-0.2, -0.15) is 0 Å². The molecule has 1 saturated heterocycles. The second-order valence-corrected chi connectivity index (χ2v) is 9.20. The third-order valence-electron chi connectivity index (χ3n) is 7.42. The number of carbonyl (C=O) groups excluding carboxylic acids is 1. The van der Waals surface area contributed by atoms with Crippen LogP contribution in [0.5, 0.6) is 0 Å². The van der Waals surface area contributed by atoms with Crippen LogP contribution in [0.1, 0.15) is 33.7 Å². The maximum absolute atomic E-state index is 12.9. The first-order valence-electron chi connectivity index (χ1n) is 11.9. The third-order valence-corrected chi connectivity index (χ3v) is 7.42. The molecule has 6 nitrogen and oxygen atoms in total. The molecule has 1 heterocycles. The number of amides is 1. The normalized spacial score (nSPS) is 15.3. The lowest BCUT2D eigenvalue weighted by Crippen LogP contribution is -2.49. The molecule has 0 aromatic heterocycles. The van der Waals surface area contributed by atoms with Crippen LogP contribution in [-0.2, 0) is 11.3 Å². The van der Waals surface area contributed by atoms with Crippen molar-refractivity contribution in [2.24, 2.45) is 5.73 Å². The molecule has 0 radical (unpaired) electrons. The maximum atomic E-state index is 12.9. The van der Waals surface area contributed by atoms with Crippen molar-refractivity contribution in [2.75, 3.05) is 43.4 Å². The number of nitrogens with two attached hydrogens (primary N) is 2. The van der Waals surface area contributed by atoms with Gasteiger partial charge in [-0.3, -0.25) is 0 Å². The van der Waals surface area contributed by atoms with Crippen LogP contribution in [0, 0.1) is 13.8 Å². The maximum Gasteiger partial charge on any atom is 0.409 e. The predicted octanol–water partition coefficient (Wildman–Crippen LogP) is 4.42. The topological polar surface area (TPSA) is 84.8 Å². The van der Waals surface area contributed by atoms with Crippen molar-refractivity contribution in [1.82, 2.24) is 4.90 Å². The molecule has 34 heavy (non-hydrogen) atoms. The fourth-order valence-corrected chi connectivity index (χ4v) is 5.33. The van der Waals surface area contributed by atoms with Crippen LogP contribution >= 0.6 is 0 Å². The molecule has 3 aromatic carbocycles. The molecule has 5 rings (SSSR count). The van der Waals surface area contributed by atoms with Crippen molar-refractivity contribution >= 4 is 17.5 Å². The van der Waals surface area contributed by atoms with Gasteiger partial charge in [0.25, 0.3) is 0 Å². The van der Waals surface area contributed by atoms with E-state index in [0.717, 1.165) is 41.2 Å². The van der Waals surface area contributed by atoms with E-state index >= 15 is 0 Å². The molecule has 0 bridgehead atoms. The highest BCUT2D eigenvalue weighted by atomic mass is 16.6. The highest BCUT2D eigenvalue weighted by Gasteiger charge is 2.30. The molecule has 1 amide bonds. The molecule has 3 aromatic rings. The summed E-state index contributed by atoms with van der Waals surface area (Å²) < 4.78 is 5.85. The van der Waals surface area contributed by atoms with Crippen molar-refractivity contribution in [3.63, 3.8) is 0 Å². The molecule has 2 aliphatic rings. The van der Waals surface area contributed by atoms with E-state index in [1.165, 1.54) is 22.3 Å². The minimum Gasteiger partial charge on any atom is -0.448 e. The Morgan fingerprint density at radius 3 is 2.12 bits per heavy atom. The molecule has 4 N–H and O–H groups in total. The largest absolute Gasteiger partial charge is 0.448 e. The molecule has 1 aliphatic carbocycles. The minimum absolute atomic E-state index is 0.0745. The smallest absolute Gasteiger partial charge is 0.409 e. The van der Waals surface area contributed by atoms with Gasteiger partial charge in [-0.1, -0.05) is 48.5 Å². The molecular weight excluding hydrogens is 424 g/mol. The fraction of sp³-hybridized carbons (Fsp3) is 0.321. The first-order chi connectivity index (χ1) is 16.5. The van der Waals surface area contributed by atoms with Gasteiger partial charge < -0.3 is 26.0 Å². The molecule has 0 saturated carbocycles. The second-order valence-electron chi connectivity index (χ2n) is 9.20. The zero-order chi connectivity index (χ0) is 23.8. The average molecular weight is 457 g/mol. The summed E-state index contributed by atoms with van der Waals surface area (Å²) in [6.45, 7) is 7.57. The van der Waals surface area contributed by atoms with Gasteiger partial charge in [0, 0.05) is 50.0 Å². The SMILES string of the molecule is Cc1c(CN)cc(N2CCN(C(=O)OCC3c4ccccc4-c4ccccc43)CC2)c(C)c1N. The average Bonchev–Trinajstić information content (AvgIpc) is 3.20. The van der Waals surface area contributed by atoms with Crippen LogP contribution in [0.25, 0.3) is 11.1 Å². The molecule has 0 atom stereocenters. The van der Waals surface area contributed by atoms with Crippen LogP contribution < -0.4 is 16.4 Å². The van der Waals surface area contributed by atoms with Crippen LogP contribution in [-0.4, -0.2) is 43.8 Å². The number of hydrogen-bond acceptors (Lipinski definition) is 5. The van der Waals surface area contributed by atoms with Crippen LogP contribution in [0.3, 0.4) is 0 Å². The molecule has 0 spiro atoms. The standard InChI is InChI=1S/C28H32N4O2/c1-18-20(16-29)15-26(19(2)27(18)30)31-11-13-32(14-12-31)28(33)34-17-25-23-9-5-3-7-21(23)22-8-4-6-10-24(22)25/h3-10,15,25H,11-14,16-17,29-30H2,1-2H3. The number of carbonyl (C=O) groups is 1. The van der Waals surface area contributed by atoms with E-state index in [4.69, 9.17) is 16.2 Å². The summed E-state index contributed by atoms with van der Waals surface area (Å²) in [6.07, 6.45) is -0.246. The summed E-state index contributed by atoms with van der Waals surface area (Å²) >= 11 is 0. The number of piperazine rings is 1. The Balaban J connectivity index is 1.24. The molecule has 0 unspecified atom stereocenters. The number of fused-ring (bicyclic) bond motifs is 3. The lowest BCUT2D eigenvalue weighted by Gasteiger charge is -2.37. The van der Waals surface area contributed by atoms with E-state index < -0.39 is 0 Å². The van der Waals surface area contributed by atoms with Crippen LogP contribution in [0.15, 0.2) is 54.6 Å². The number of anilines is 2. The second kappa shape index (κ2) is 9.03. The van der Waals surface area contributed by atoms with Crippen molar-refractivity contribution in [3.8, 4) is 11.1 Å². The van der Waals surface area contributed by atoms with Gasteiger partial charge in [0.1, 0.15) is 6.61 Å². The number of hydrogen-bond donors (Lipinski definition) is 2. The van der Waals surface area contributed by atoms with Gasteiger partial charge in [-0.15, -0.1) is 0 Å². The third kappa shape index (κ3) is 3.78. The Morgan fingerprint density at radius 1 is 0.941 bits per heavy atom. The van der Waals surface area contributed by atoms with Crippen molar-refractivity contribution < 1.29 is 9.53 Å². The number of benzene rings is 3. The highest BCUT2D eigenvalue weighted by Crippen LogP contribution is 2.44. The summed E-state index contributed by atoms with van der Waals surface area (Å²) in [6, 6.07) is 18.9. The number of nitrogen functional groups attached to an aromatic ring is 1. The van der Waals surface area contributed by atoms with E-state index in [9.17, 15) is 4.79 Å². The lowest BCUT2D eigenvalue weighted by atomic mass is 9.98. The summed E-state index contributed by atoms with van der Waals surface area (Å²) in [4.78, 5) is 17.0. The predicted molar refractivity (Wildman–Crippen MR) is 137 cm³/mol. The first kappa shape index (κ1) is 22.3. The van der Waals surface area contributed by atoms with Gasteiger partial charge in [-0.25, -0.2) is 4.79 Å². The van der Waals surface area contributed by atoms with E-state index in [0.29, 0.717) is 26.2 Å². The number of nitrogens with zero attached hydrogens (tertiary/aromatic N) is 2. The van der Waals surface area contributed by atoms with E-state index in [1.54, 1.807) is 4.90 Å². The molecule has 1 aliphatic heterocycles. The molecule has 176 valence electrons. The first-order valence-corrected chi connectivity index (χ1v) is 11.9. The van der Waals surface area contributed by atoms with E-state index in [-0.39, 0.29) is 12.0 Å². The monoisotopic (exact) mass is 456 g/mol. The lowest BCUT2D eigenvalue weighted by molar-refractivity contribution is 0.0977. The minimum atomic E-state index is -0.246. The van der Waals surface area contributed by atoms with Crippen LogP contribution in [0.4, 0.5) is 16.2 Å². The van der Waals surface area contributed by atoms with E-state index in [2.05, 4.69) is 66.4 Å². The Kier molecular flexibility index (Phi) is 5.92. The summed E-state index contributed by atoms with van der Waals surface area (Å²) in [5, 5.41) is 0. The Hall–Kier alpha value is -3.51. The summed E-state index contributed by atoms with van der Waals surface area (Å²) in [5.74, 6) is 0.0745. The van der Waals surface area contributed by atoms with Crippen molar-refractivity contribution in [1.29, 1.82) is 0 Å². The van der Waals surface area contributed by atoms with Crippen molar-refractivity contribution in [3.05, 3.63) is 82.4 Å². The van der Waals surface area contributed by atoms with Gasteiger partial charge in [0.2, 0.25) is 0 Å². The van der Waals surface area contributed by atoms with Crippen molar-refractivity contribution in [2.45, 2.75) is 26.3 Å². The summed E-state index contributed by atoms with van der Waals surface area (Å²) in [7, 11) is 0. The molecule has 1 fully saturated rings. The van der Waals surface area contributed by atoms with E-state index in [1.807, 2.05) is 6.92 Å². The van der Waals surface area contributed by atoms with Gasteiger partial charge in [0.05, 0.1) is 0 Å². The van der Waals surface area contributed by atoms with Crippen LogP contribution in [0.2, 0.25) is 0 Å². The quantitative estimate of drug-likeness (QED) is 0.568. The highest BCUT2D eigenvalue weighted by molar-refractivity contribution is 5.79. The molecular formula is C28H32N4O2. The van der Waals surface area contributed by atoms with Gasteiger partial charge in [-0.05, 0) is 58.9 Å². The molecule has 6 heteroatoms. The summed E-state index contributed by atoms with van der Waals surface area (Å²) in [5.41, 5.74) is 22.3. The zero-order valence-electron chi connectivity index (χ0n) is 19.9. The van der Waals surface area contributed by atoms with Gasteiger partial charge in [0.15, 0.2) is 0 Å². The number of rotatable bonds is 4. The fourth-order valence-electron chi connectivity index (χ4n) is 5.33. The Bertz CT molecular complexity index is 1190. The Labute approximate surface area is 201 Å².